The van der Waals surface area contributed by atoms with Gasteiger partial charge in [-0.3, -0.25) is 9.80 Å². The molecular weight excluding hydrogens is 367 g/mol. The van der Waals surface area contributed by atoms with E-state index < -0.39 is 0 Å². The Hall–Kier alpha value is -2.60. The molecule has 2 aromatic rings. The molecule has 1 fully saturated rings. The number of hydrogen-bond donors (Lipinski definition) is 1. The van der Waals surface area contributed by atoms with Gasteiger partial charge in [-0.25, -0.2) is 9.18 Å². The van der Waals surface area contributed by atoms with Crippen LogP contribution in [0.5, 0.6) is 0 Å². The molecule has 4 rings (SSSR count). The number of amides is 2. The fourth-order valence-corrected chi connectivity index (χ4v) is 4.04. The number of nitrogens with zero attached hydrogens (tertiary/aromatic N) is 3. The van der Waals surface area contributed by atoms with Gasteiger partial charge in [0.25, 0.3) is 0 Å². The van der Waals surface area contributed by atoms with E-state index in [-0.39, 0.29) is 17.4 Å². The lowest BCUT2D eigenvalue weighted by atomic mass is 9.92. The van der Waals surface area contributed by atoms with E-state index in [0.29, 0.717) is 25.6 Å². The number of halogens is 1. The van der Waals surface area contributed by atoms with Gasteiger partial charge >= 0.3 is 6.03 Å². The number of fused-ring (bicyclic) bond motifs is 1. The maximum absolute atomic E-state index is 13.3. The summed E-state index contributed by atoms with van der Waals surface area (Å²) in [5, 5.41) is 3.12. The molecule has 0 unspecified atom stereocenters. The molecule has 2 amide bonds. The minimum Gasteiger partial charge on any atom is -0.338 e. The van der Waals surface area contributed by atoms with Gasteiger partial charge in [-0.15, -0.1) is 0 Å². The zero-order valence-corrected chi connectivity index (χ0v) is 17.4. The normalized spacial score (nSPS) is 17.7. The monoisotopic (exact) mass is 396 g/mol. The smallest absolute Gasteiger partial charge is 0.322 e. The van der Waals surface area contributed by atoms with Gasteiger partial charge in [-0.2, -0.15) is 0 Å². The van der Waals surface area contributed by atoms with E-state index in [1.807, 2.05) is 29.2 Å². The molecule has 0 spiro atoms. The SMILES string of the molecule is CC(C)(C)N1CC(CNC(=O)N2CCN(c3ccc(F)cc3)c3ccccc32)C1. The van der Waals surface area contributed by atoms with Gasteiger partial charge in [0.05, 0.1) is 11.4 Å². The van der Waals surface area contributed by atoms with Crippen LogP contribution in [0.25, 0.3) is 0 Å². The molecule has 0 radical (unpaired) electrons. The first-order chi connectivity index (χ1) is 13.8. The summed E-state index contributed by atoms with van der Waals surface area (Å²) in [5.74, 6) is 0.259. The van der Waals surface area contributed by atoms with Crippen LogP contribution in [0.2, 0.25) is 0 Å². The summed E-state index contributed by atoms with van der Waals surface area (Å²) in [6.45, 7) is 10.7. The number of benzene rings is 2. The Morgan fingerprint density at radius 1 is 1.03 bits per heavy atom. The third kappa shape index (κ3) is 4.08. The highest BCUT2D eigenvalue weighted by Crippen LogP contribution is 2.37. The van der Waals surface area contributed by atoms with Crippen molar-refractivity contribution in [2.45, 2.75) is 26.3 Å². The topological polar surface area (TPSA) is 38.8 Å². The third-order valence-corrected chi connectivity index (χ3v) is 5.84. The number of para-hydroxylation sites is 2. The minimum absolute atomic E-state index is 0.0505. The average Bonchev–Trinajstić information content (AvgIpc) is 2.65. The Morgan fingerprint density at radius 2 is 1.69 bits per heavy atom. The van der Waals surface area contributed by atoms with Crippen LogP contribution in [0.15, 0.2) is 48.5 Å². The predicted molar refractivity (Wildman–Crippen MR) is 115 cm³/mol. The largest absolute Gasteiger partial charge is 0.338 e. The molecule has 2 heterocycles. The molecular formula is C23H29FN4O. The molecule has 1 N–H and O–H groups in total. The Bertz CT molecular complexity index is 871. The first kappa shape index (κ1) is 19.7. The summed E-state index contributed by atoms with van der Waals surface area (Å²) in [6.07, 6.45) is 0. The van der Waals surface area contributed by atoms with E-state index in [9.17, 15) is 9.18 Å². The Labute approximate surface area is 172 Å². The third-order valence-electron chi connectivity index (χ3n) is 5.84. The lowest BCUT2D eigenvalue weighted by Crippen LogP contribution is -2.59. The van der Waals surface area contributed by atoms with E-state index >= 15 is 0 Å². The van der Waals surface area contributed by atoms with Gasteiger partial charge in [0, 0.05) is 49.9 Å². The highest BCUT2D eigenvalue weighted by Gasteiger charge is 2.35. The average molecular weight is 397 g/mol. The Morgan fingerprint density at radius 3 is 2.34 bits per heavy atom. The first-order valence-corrected chi connectivity index (χ1v) is 10.3. The highest BCUT2D eigenvalue weighted by molar-refractivity contribution is 5.97. The number of hydrogen-bond acceptors (Lipinski definition) is 3. The number of carbonyl (C=O) groups is 1. The number of nitrogens with one attached hydrogen (secondary N) is 1. The van der Waals surface area contributed by atoms with Crippen molar-refractivity contribution >= 4 is 23.1 Å². The van der Waals surface area contributed by atoms with E-state index in [2.05, 4.69) is 35.9 Å². The second-order valence-electron chi connectivity index (χ2n) is 8.90. The van der Waals surface area contributed by atoms with Crippen LogP contribution in [-0.2, 0) is 0 Å². The van der Waals surface area contributed by atoms with Crippen LogP contribution < -0.4 is 15.1 Å². The van der Waals surface area contributed by atoms with E-state index in [1.54, 1.807) is 12.1 Å². The van der Waals surface area contributed by atoms with Crippen molar-refractivity contribution in [3.8, 4) is 0 Å². The number of likely N-dealkylation sites (tertiary alicyclic amines) is 1. The first-order valence-electron chi connectivity index (χ1n) is 10.3. The second kappa shape index (κ2) is 7.67. The maximum Gasteiger partial charge on any atom is 0.322 e. The summed E-state index contributed by atoms with van der Waals surface area (Å²) < 4.78 is 13.3. The summed E-state index contributed by atoms with van der Waals surface area (Å²) in [7, 11) is 0. The molecule has 2 aliphatic rings. The van der Waals surface area contributed by atoms with Gasteiger partial charge in [0.1, 0.15) is 5.82 Å². The van der Waals surface area contributed by atoms with E-state index in [0.717, 1.165) is 30.2 Å². The molecule has 0 bridgehead atoms. The molecule has 0 saturated carbocycles. The van der Waals surface area contributed by atoms with Gasteiger partial charge in [0.15, 0.2) is 0 Å². The maximum atomic E-state index is 13.3. The van der Waals surface area contributed by atoms with Crippen LogP contribution >= 0.6 is 0 Å². The van der Waals surface area contributed by atoms with Crippen molar-refractivity contribution in [2.24, 2.45) is 5.92 Å². The summed E-state index contributed by atoms with van der Waals surface area (Å²) in [6, 6.07) is 14.3. The second-order valence-corrected chi connectivity index (χ2v) is 8.90. The van der Waals surface area contributed by atoms with Crippen molar-refractivity contribution in [3.63, 3.8) is 0 Å². The van der Waals surface area contributed by atoms with Crippen LogP contribution in [-0.4, -0.2) is 49.2 Å². The Balaban J connectivity index is 1.43. The molecule has 0 atom stereocenters. The lowest BCUT2D eigenvalue weighted by Gasteiger charge is -2.48. The zero-order valence-electron chi connectivity index (χ0n) is 17.4. The Kier molecular flexibility index (Phi) is 5.21. The van der Waals surface area contributed by atoms with Crippen molar-refractivity contribution in [2.75, 3.05) is 42.5 Å². The number of carbonyl (C=O) groups excluding carboxylic acids is 1. The summed E-state index contributed by atoms with van der Waals surface area (Å²) in [4.78, 5) is 19.3. The number of anilines is 3. The van der Waals surface area contributed by atoms with Crippen molar-refractivity contribution < 1.29 is 9.18 Å². The fourth-order valence-electron chi connectivity index (χ4n) is 4.04. The molecule has 0 aromatic heterocycles. The molecule has 2 aliphatic heterocycles. The van der Waals surface area contributed by atoms with Crippen LogP contribution in [0.3, 0.4) is 0 Å². The molecule has 0 aliphatic carbocycles. The van der Waals surface area contributed by atoms with Crippen LogP contribution in [0, 0.1) is 11.7 Å². The molecule has 154 valence electrons. The number of urea groups is 1. The van der Waals surface area contributed by atoms with Crippen molar-refractivity contribution in [3.05, 3.63) is 54.3 Å². The standard InChI is InChI=1S/C23H29FN4O/c1-23(2,3)26-15-17(16-26)14-25-22(29)28-13-12-27(19-10-8-18(24)9-11-19)20-6-4-5-7-21(20)28/h4-11,17H,12-16H2,1-3H3,(H,25,29). The molecule has 6 heteroatoms. The van der Waals surface area contributed by atoms with Gasteiger partial charge in [-0.05, 0) is 57.2 Å². The van der Waals surface area contributed by atoms with E-state index in [4.69, 9.17) is 0 Å². The quantitative estimate of drug-likeness (QED) is 0.844. The van der Waals surface area contributed by atoms with Crippen molar-refractivity contribution in [1.82, 2.24) is 10.2 Å². The molecule has 29 heavy (non-hydrogen) atoms. The fraction of sp³-hybridized carbons (Fsp3) is 0.435. The van der Waals surface area contributed by atoms with Gasteiger partial charge in [0.2, 0.25) is 0 Å². The predicted octanol–water partition coefficient (Wildman–Crippen LogP) is 4.22. The summed E-state index contributed by atoms with van der Waals surface area (Å²) in [5.41, 5.74) is 2.96. The highest BCUT2D eigenvalue weighted by atomic mass is 19.1. The van der Waals surface area contributed by atoms with Crippen LogP contribution in [0.4, 0.5) is 26.2 Å². The number of rotatable bonds is 3. The zero-order chi connectivity index (χ0) is 20.6. The van der Waals surface area contributed by atoms with Gasteiger partial charge < -0.3 is 10.2 Å². The van der Waals surface area contributed by atoms with Gasteiger partial charge in [-0.1, -0.05) is 12.1 Å². The lowest BCUT2D eigenvalue weighted by molar-refractivity contribution is 0.0158. The summed E-state index contributed by atoms with van der Waals surface area (Å²) >= 11 is 0. The molecule has 5 nitrogen and oxygen atoms in total. The van der Waals surface area contributed by atoms with E-state index in [1.165, 1.54) is 12.1 Å². The minimum atomic E-state index is -0.249. The van der Waals surface area contributed by atoms with Crippen molar-refractivity contribution in [1.29, 1.82) is 0 Å². The molecule has 1 saturated heterocycles. The molecule has 2 aromatic carbocycles. The van der Waals surface area contributed by atoms with Crippen LogP contribution in [0.1, 0.15) is 20.8 Å².